The molecule has 16 aromatic rings. The number of carbonyl (C=O) groups is 1. The van der Waals surface area contributed by atoms with Crippen LogP contribution in [0.3, 0.4) is 0 Å². The molecule has 0 amide bonds. The zero-order valence-corrected chi connectivity index (χ0v) is 68.5. The van der Waals surface area contributed by atoms with Gasteiger partial charge in [-0.3, -0.25) is 33.6 Å². The van der Waals surface area contributed by atoms with Crippen LogP contribution in [0.25, 0.3) is 105 Å². The molecule has 0 atom stereocenters. The van der Waals surface area contributed by atoms with Gasteiger partial charge in [0.25, 0.3) is 0 Å². The largest absolute Gasteiger partial charge is 0.512 e. The molecule has 10 aromatic heterocycles. The summed E-state index contributed by atoms with van der Waals surface area (Å²) >= 11 is 1.85. The maximum Gasteiger partial charge on any atom is 0.399 e. The fourth-order valence-electron chi connectivity index (χ4n) is 11.5. The summed E-state index contributed by atoms with van der Waals surface area (Å²) in [5, 5.41) is 34.7. The van der Waals surface area contributed by atoms with E-state index in [2.05, 4.69) is 194 Å². The van der Waals surface area contributed by atoms with E-state index >= 15 is 0 Å². The first-order valence-electron chi connectivity index (χ1n) is 34.0. The van der Waals surface area contributed by atoms with Crippen LogP contribution >= 0.6 is 11.3 Å². The van der Waals surface area contributed by atoms with Gasteiger partial charge < -0.3 is 35.2 Å². The van der Waals surface area contributed by atoms with Gasteiger partial charge in [-0.1, -0.05) is 133 Å². The molecule has 12 heterocycles. The van der Waals surface area contributed by atoms with Crippen molar-refractivity contribution >= 4 is 55.2 Å². The van der Waals surface area contributed by atoms with Crippen LogP contribution in [-0.4, -0.2) is 56.0 Å². The van der Waals surface area contributed by atoms with Gasteiger partial charge in [0.1, 0.15) is 16.3 Å². The Morgan fingerprint density at radius 1 is 0.561 bits per heavy atom. The van der Waals surface area contributed by atoms with E-state index in [1.807, 2.05) is 66.1 Å². The molecule has 14 nitrogen and oxygen atoms in total. The molecule has 0 saturated heterocycles. The Hall–Kier alpha value is -11.7. The summed E-state index contributed by atoms with van der Waals surface area (Å²) in [4.78, 5) is 39.5. The number of carbonyl (C=O) groups excluding carboxylic acids is 1. The number of hydrogen-bond donors (Lipinski definition) is 2. The van der Waals surface area contributed by atoms with Gasteiger partial charge in [0.05, 0.1) is 27.8 Å². The molecule has 18 rings (SSSR count). The van der Waals surface area contributed by atoms with E-state index < -0.39 is 35.1 Å². The number of halogens is 8. The Balaban J connectivity index is 0.000000165. The van der Waals surface area contributed by atoms with Crippen molar-refractivity contribution in [1.82, 2.24) is 45.1 Å². The van der Waals surface area contributed by atoms with Crippen molar-refractivity contribution < 1.29 is 120 Å². The number of fused-ring (bicyclic) bond motifs is 11. The number of rotatable bonds is 6. The smallest absolute Gasteiger partial charge is 0.399 e. The van der Waals surface area contributed by atoms with Crippen LogP contribution in [0.15, 0.2) is 304 Å². The van der Waals surface area contributed by atoms with Crippen LogP contribution in [0.4, 0.5) is 35.1 Å². The summed E-state index contributed by atoms with van der Waals surface area (Å²) in [6.45, 7) is 9.99. The van der Waals surface area contributed by atoms with Gasteiger partial charge >= 0.3 is 12.4 Å². The molecular formula is C88H65F8Ir3N11O3S-2. The first-order valence-corrected chi connectivity index (χ1v) is 34.9. The number of allylic oxidation sites excluding steroid dienone is 2. The maximum atomic E-state index is 13.2. The third kappa shape index (κ3) is 23.7. The molecule has 0 aliphatic carbocycles. The summed E-state index contributed by atoms with van der Waals surface area (Å²) in [5.74, 6) is -0.0715. The summed E-state index contributed by atoms with van der Waals surface area (Å²) in [6, 6.07) is 75.0. The molecule has 0 spiro atoms. The fourth-order valence-corrected chi connectivity index (χ4v) is 12.5. The van der Waals surface area contributed by atoms with Gasteiger partial charge in [-0.25, -0.2) is 0 Å². The van der Waals surface area contributed by atoms with Gasteiger partial charge in [-0.15, -0.1) is 53.3 Å². The van der Waals surface area contributed by atoms with Crippen molar-refractivity contribution in [3.63, 3.8) is 0 Å². The van der Waals surface area contributed by atoms with Crippen LogP contribution in [0.5, 0.6) is 0 Å². The minimum absolute atomic E-state index is 0. The van der Waals surface area contributed by atoms with E-state index in [0.29, 0.717) is 29.1 Å². The average Bonchev–Trinajstić information content (AvgIpc) is 1.61. The van der Waals surface area contributed by atoms with Crippen LogP contribution in [0, 0.1) is 36.8 Å². The van der Waals surface area contributed by atoms with Gasteiger partial charge in [0.2, 0.25) is 11.4 Å². The molecule has 0 bridgehead atoms. The molecule has 2 aliphatic rings. The molecule has 581 valence electrons. The number of thiophene rings is 1. The Bertz CT molecular complexity index is 5840. The summed E-state index contributed by atoms with van der Waals surface area (Å²) in [6.07, 6.45) is 7.16. The van der Waals surface area contributed by atoms with E-state index in [1.54, 1.807) is 74.3 Å². The fraction of sp³-hybridized carbons (Fsp3) is 0.0795. The van der Waals surface area contributed by atoms with E-state index in [0.717, 1.165) is 47.6 Å². The second kappa shape index (κ2) is 41.7. The number of aromatic nitrogens is 11. The zero-order chi connectivity index (χ0) is 78.4. The van der Waals surface area contributed by atoms with Crippen LogP contribution in [0.2, 0.25) is 0 Å². The molecule has 26 heteroatoms. The van der Waals surface area contributed by atoms with Crippen molar-refractivity contribution in [2.75, 3.05) is 0 Å². The number of aryl methyl sites for hydroxylation is 1. The average molecular weight is 2090 g/mol. The standard InChI is InChI=1S/C16H12N.C14H9N2.C14H10NS.C13H6F6N.C11H6F2N.C8H7N4.C7H7NO.C5H8O2.3Ir/c1-3-7-14-12(5-1)9-10-17-11-13-6-2-4-8-15(13)16(14)17;1-2-4-13-11(3-1)7-10-16-14(13)12-5-8-15-9-6-12;1-2-4-12-10(3-1)5-7-15-9-11-6-8-16-14(11)13(12)15;14-12(15,16)9-5-8(11-3-1-2-4-20-11)6-10(7-9)13(17,18)19;12-8-4-5-9(10(13)7-8)11-3-1-2-6-14-11;1-6-10-8(12-11-6)7-4-2-3-5-9-7;1-6(9)7-4-2-3-5-8-7;1-4(6)3-5(2)7;;;/h1-10H,11H2;1-5,7-10H;1-8H,9H2;1-5,7H;1-4,6-7H;2-5H,1H3;2-5,9H,1H2;3,6H,1-2H3;;;/q+1;-1;+1;3*-1;;;;;. The first-order chi connectivity index (χ1) is 53.6. The van der Waals surface area contributed by atoms with Crippen LogP contribution in [0.1, 0.15) is 47.6 Å². The third-order valence-corrected chi connectivity index (χ3v) is 17.3. The Morgan fingerprint density at radius 3 is 1.66 bits per heavy atom. The number of alkyl halides is 6. The minimum Gasteiger partial charge on any atom is -0.512 e. The molecule has 6 aromatic carbocycles. The Kier molecular flexibility index (Phi) is 32.1. The number of nitrogens with zero attached hydrogens (tertiary/aromatic N) is 11. The van der Waals surface area contributed by atoms with Crippen molar-refractivity contribution in [2.24, 2.45) is 0 Å². The summed E-state index contributed by atoms with van der Waals surface area (Å²) in [5.41, 5.74) is 7.64. The van der Waals surface area contributed by atoms with E-state index in [-0.39, 0.29) is 101 Å². The minimum atomic E-state index is -4.91. The van der Waals surface area contributed by atoms with Gasteiger partial charge in [0.15, 0.2) is 31.3 Å². The third-order valence-electron chi connectivity index (χ3n) is 16.4. The van der Waals surface area contributed by atoms with E-state index in [1.165, 1.54) is 104 Å². The van der Waals surface area contributed by atoms with Crippen LogP contribution < -0.4 is 14.2 Å². The van der Waals surface area contributed by atoms with Crippen LogP contribution in [-0.2, 0) is 90.6 Å². The number of ketones is 1. The van der Waals surface area contributed by atoms with Gasteiger partial charge in [-0.05, 0) is 161 Å². The van der Waals surface area contributed by atoms with Crippen molar-refractivity contribution in [3.8, 4) is 67.1 Å². The molecule has 2 N–H and O–H groups in total. The number of benzene rings is 6. The van der Waals surface area contributed by atoms with Crippen molar-refractivity contribution in [1.29, 1.82) is 0 Å². The normalized spacial score (nSPS) is 11.0. The van der Waals surface area contributed by atoms with Crippen molar-refractivity contribution in [3.05, 3.63) is 368 Å². The summed E-state index contributed by atoms with van der Waals surface area (Å²) in [7, 11) is 0. The quantitative estimate of drug-likeness (QED) is 0.0529. The Labute approximate surface area is 695 Å². The Morgan fingerprint density at radius 2 is 1.12 bits per heavy atom. The van der Waals surface area contributed by atoms with Gasteiger partial charge in [0, 0.05) is 138 Å². The predicted molar refractivity (Wildman–Crippen MR) is 412 cm³/mol. The van der Waals surface area contributed by atoms with E-state index in [9.17, 15) is 39.9 Å². The molecule has 0 fully saturated rings. The topological polar surface area (TPSA) is 183 Å². The molecular weight excluding hydrogens is 2020 g/mol. The number of aliphatic hydroxyl groups excluding tert-OH is 2. The SMILES string of the molecule is C=C(O)c1ccccn1.CC(=O)C=C(C)O.Cc1n[n-]c(-c2ccccn2)n1.FC(F)(F)c1[c-]c(-c2ccccn2)cc(C(F)(F)F)c1.Fc1c[c-]c(-c2ccccn2)c(F)c1.[Ir].[Ir].[Ir].[c-]1cnccc1-c1nccc2ccccc12.c1ccc2c(c1)C[n+]1ccc3ccccc3c1-2.c1ccc2c3[n+](ccc2c1)Cc1ccsc1-3. The molecule has 2 aliphatic heterocycles. The second-order valence-corrected chi connectivity index (χ2v) is 25.3. The molecule has 3 radical (unpaired) electrons. The maximum absolute atomic E-state index is 13.2. The molecule has 0 saturated carbocycles. The number of aliphatic hydroxyl groups is 2. The number of hydrogen-bond acceptors (Lipinski definition) is 12. The van der Waals surface area contributed by atoms with Crippen molar-refractivity contribution in [2.45, 2.75) is 46.2 Å². The van der Waals surface area contributed by atoms with E-state index in [4.69, 9.17) is 10.2 Å². The van der Waals surface area contributed by atoms with Gasteiger partial charge in [-0.2, -0.15) is 47.1 Å². The predicted octanol–water partition coefficient (Wildman–Crippen LogP) is 20.3. The number of pyridine rings is 8. The summed E-state index contributed by atoms with van der Waals surface area (Å²) < 4.78 is 106. The molecule has 114 heavy (non-hydrogen) atoms. The second-order valence-electron chi connectivity index (χ2n) is 24.3. The monoisotopic (exact) mass is 2090 g/mol. The first kappa shape index (κ1) is 87.9. The zero-order valence-electron chi connectivity index (χ0n) is 60.5. The molecule has 0 unspecified atom stereocenters.